The fourth-order valence-electron chi connectivity index (χ4n) is 1.80. The molecule has 4 heteroatoms. The molecule has 0 saturated carbocycles. The molecule has 0 bridgehead atoms. The van der Waals surface area contributed by atoms with Gasteiger partial charge in [0.25, 0.3) is 0 Å². The molecule has 0 atom stereocenters. The van der Waals surface area contributed by atoms with Crippen molar-refractivity contribution >= 4 is 5.69 Å². The van der Waals surface area contributed by atoms with Gasteiger partial charge >= 0.3 is 0 Å². The first-order valence-electron chi connectivity index (χ1n) is 6.39. The number of benzene rings is 1. The van der Waals surface area contributed by atoms with E-state index >= 15 is 0 Å². The van der Waals surface area contributed by atoms with E-state index in [9.17, 15) is 0 Å². The van der Waals surface area contributed by atoms with Gasteiger partial charge in [0.05, 0.1) is 12.2 Å². The Morgan fingerprint density at radius 2 is 2.05 bits per heavy atom. The largest absolute Gasteiger partial charge is 0.373 e. The van der Waals surface area contributed by atoms with Crippen LogP contribution < -0.4 is 4.90 Å². The van der Waals surface area contributed by atoms with Crippen LogP contribution >= 0.6 is 0 Å². The van der Waals surface area contributed by atoms with Crippen molar-refractivity contribution in [2.75, 3.05) is 18.5 Å². The van der Waals surface area contributed by atoms with E-state index < -0.39 is 0 Å². The standard InChI is InChI=1S/C15H18N4/c1-4-13-6-8-15(9-7-13)18(3)10-11-19-12-14(5-2)16-17-19/h1,6-9,12H,5,10-11H2,2-3H3. The molecule has 19 heavy (non-hydrogen) atoms. The molecule has 0 N–H and O–H groups in total. The Morgan fingerprint density at radius 3 is 2.63 bits per heavy atom. The first kappa shape index (κ1) is 13.2. The number of terminal acetylenes is 1. The summed E-state index contributed by atoms with van der Waals surface area (Å²) in [6, 6.07) is 7.98. The fourth-order valence-corrected chi connectivity index (χ4v) is 1.80. The summed E-state index contributed by atoms with van der Waals surface area (Å²) in [6.45, 7) is 3.77. The summed E-state index contributed by atoms with van der Waals surface area (Å²) in [4.78, 5) is 2.17. The van der Waals surface area contributed by atoms with Gasteiger partial charge in [0.1, 0.15) is 0 Å². The van der Waals surface area contributed by atoms with Crippen molar-refractivity contribution in [1.82, 2.24) is 15.0 Å². The van der Waals surface area contributed by atoms with E-state index in [0.717, 1.165) is 36.5 Å². The monoisotopic (exact) mass is 254 g/mol. The van der Waals surface area contributed by atoms with Crippen LogP contribution in [0.15, 0.2) is 30.5 Å². The third-order valence-corrected chi connectivity index (χ3v) is 3.09. The minimum absolute atomic E-state index is 0.820. The van der Waals surface area contributed by atoms with Crippen LogP contribution in [0.25, 0.3) is 0 Å². The van der Waals surface area contributed by atoms with Crippen molar-refractivity contribution in [3.05, 3.63) is 41.7 Å². The number of hydrogen-bond acceptors (Lipinski definition) is 3. The number of nitrogens with zero attached hydrogens (tertiary/aromatic N) is 4. The van der Waals surface area contributed by atoms with Crippen molar-refractivity contribution in [3.8, 4) is 12.3 Å². The molecule has 0 radical (unpaired) electrons. The molecular weight excluding hydrogens is 236 g/mol. The normalized spacial score (nSPS) is 10.2. The highest BCUT2D eigenvalue weighted by atomic mass is 15.4. The minimum Gasteiger partial charge on any atom is -0.373 e. The quantitative estimate of drug-likeness (QED) is 0.765. The lowest BCUT2D eigenvalue weighted by Crippen LogP contribution is -2.22. The Bertz CT molecular complexity index is 563. The maximum Gasteiger partial charge on any atom is 0.0824 e. The predicted molar refractivity (Wildman–Crippen MR) is 77.0 cm³/mol. The van der Waals surface area contributed by atoms with Crippen molar-refractivity contribution in [2.24, 2.45) is 0 Å². The van der Waals surface area contributed by atoms with Crippen molar-refractivity contribution in [1.29, 1.82) is 0 Å². The van der Waals surface area contributed by atoms with E-state index in [0.29, 0.717) is 0 Å². The van der Waals surface area contributed by atoms with Gasteiger partial charge in [-0.1, -0.05) is 18.1 Å². The molecule has 1 aromatic heterocycles. The zero-order chi connectivity index (χ0) is 13.7. The van der Waals surface area contributed by atoms with Crippen LogP contribution in [0, 0.1) is 12.3 Å². The Kier molecular flexibility index (Phi) is 4.19. The van der Waals surface area contributed by atoms with Crippen molar-refractivity contribution < 1.29 is 0 Å². The number of rotatable bonds is 5. The maximum atomic E-state index is 5.34. The van der Waals surface area contributed by atoms with E-state index in [1.165, 1.54) is 0 Å². The average molecular weight is 254 g/mol. The Morgan fingerprint density at radius 1 is 1.32 bits per heavy atom. The van der Waals surface area contributed by atoms with Crippen LogP contribution in [-0.2, 0) is 13.0 Å². The summed E-state index contributed by atoms with van der Waals surface area (Å²) in [5.74, 6) is 2.62. The second kappa shape index (κ2) is 6.05. The molecule has 0 aliphatic heterocycles. The van der Waals surface area contributed by atoms with E-state index in [4.69, 9.17) is 6.42 Å². The number of anilines is 1. The molecule has 2 aromatic rings. The second-order valence-electron chi connectivity index (χ2n) is 4.44. The lowest BCUT2D eigenvalue weighted by atomic mass is 10.2. The van der Waals surface area contributed by atoms with Crippen LogP contribution in [0.5, 0.6) is 0 Å². The van der Waals surface area contributed by atoms with E-state index in [1.54, 1.807) is 0 Å². The Balaban J connectivity index is 1.93. The zero-order valence-corrected chi connectivity index (χ0v) is 11.4. The summed E-state index contributed by atoms with van der Waals surface area (Å²) in [5, 5.41) is 8.17. The van der Waals surface area contributed by atoms with Gasteiger partial charge in [0.15, 0.2) is 0 Å². The number of aryl methyl sites for hydroxylation is 1. The van der Waals surface area contributed by atoms with Gasteiger partial charge in [0, 0.05) is 31.0 Å². The summed E-state index contributed by atoms with van der Waals surface area (Å²) in [5.41, 5.74) is 3.08. The van der Waals surface area contributed by atoms with Crippen LogP contribution in [0.2, 0.25) is 0 Å². The minimum atomic E-state index is 0.820. The molecule has 0 saturated heterocycles. The van der Waals surface area contributed by atoms with Gasteiger partial charge in [-0.3, -0.25) is 4.68 Å². The summed E-state index contributed by atoms with van der Waals surface area (Å²) >= 11 is 0. The predicted octanol–water partition coefficient (Wildman–Crippen LogP) is 1.96. The molecule has 2 rings (SSSR count). The average Bonchev–Trinajstić information content (AvgIpc) is 2.93. The van der Waals surface area contributed by atoms with Crippen LogP contribution in [0.1, 0.15) is 18.2 Å². The molecule has 1 aromatic carbocycles. The molecule has 0 spiro atoms. The molecule has 0 fully saturated rings. The molecule has 0 aliphatic carbocycles. The topological polar surface area (TPSA) is 34.0 Å². The second-order valence-corrected chi connectivity index (χ2v) is 4.44. The van der Waals surface area contributed by atoms with Crippen LogP contribution in [0.3, 0.4) is 0 Å². The third-order valence-electron chi connectivity index (χ3n) is 3.09. The van der Waals surface area contributed by atoms with Gasteiger partial charge in [-0.15, -0.1) is 11.5 Å². The third kappa shape index (κ3) is 3.35. The van der Waals surface area contributed by atoms with Crippen molar-refractivity contribution in [2.45, 2.75) is 19.9 Å². The van der Waals surface area contributed by atoms with E-state index in [2.05, 4.69) is 35.1 Å². The molecule has 0 amide bonds. The van der Waals surface area contributed by atoms with Gasteiger partial charge in [-0.05, 0) is 30.7 Å². The lowest BCUT2D eigenvalue weighted by Gasteiger charge is -2.19. The van der Waals surface area contributed by atoms with Gasteiger partial charge in [-0.2, -0.15) is 0 Å². The molecule has 98 valence electrons. The highest BCUT2D eigenvalue weighted by Crippen LogP contribution is 2.13. The molecule has 0 aliphatic rings. The number of aromatic nitrogens is 3. The summed E-state index contributed by atoms with van der Waals surface area (Å²) in [7, 11) is 2.06. The molecule has 1 heterocycles. The zero-order valence-electron chi connectivity index (χ0n) is 11.4. The first-order chi connectivity index (χ1) is 9.22. The smallest absolute Gasteiger partial charge is 0.0824 e. The Hall–Kier alpha value is -2.28. The molecule has 0 unspecified atom stereocenters. The highest BCUT2D eigenvalue weighted by molar-refractivity contribution is 5.49. The first-order valence-corrected chi connectivity index (χ1v) is 6.39. The number of likely N-dealkylation sites (N-methyl/N-ethyl adjacent to an activating group) is 1. The lowest BCUT2D eigenvalue weighted by molar-refractivity contribution is 0.587. The number of hydrogen-bond donors (Lipinski definition) is 0. The van der Waals surface area contributed by atoms with E-state index in [-0.39, 0.29) is 0 Å². The van der Waals surface area contributed by atoms with Crippen LogP contribution in [-0.4, -0.2) is 28.6 Å². The fraction of sp³-hybridized carbons (Fsp3) is 0.333. The maximum absolute atomic E-state index is 5.34. The Labute approximate surface area is 114 Å². The van der Waals surface area contributed by atoms with Gasteiger partial charge in [-0.25, -0.2) is 0 Å². The summed E-state index contributed by atoms with van der Waals surface area (Å²) < 4.78 is 1.88. The molecular formula is C15H18N4. The SMILES string of the molecule is C#Cc1ccc(N(C)CCn2cc(CC)nn2)cc1. The summed E-state index contributed by atoms with van der Waals surface area (Å²) in [6.07, 6.45) is 8.26. The van der Waals surface area contributed by atoms with Crippen LogP contribution in [0.4, 0.5) is 5.69 Å². The van der Waals surface area contributed by atoms with Crippen molar-refractivity contribution in [3.63, 3.8) is 0 Å². The highest BCUT2D eigenvalue weighted by Gasteiger charge is 2.03. The van der Waals surface area contributed by atoms with E-state index in [1.807, 2.05) is 35.1 Å². The van der Waals surface area contributed by atoms with Gasteiger partial charge in [0.2, 0.25) is 0 Å². The molecule has 4 nitrogen and oxygen atoms in total. The van der Waals surface area contributed by atoms with Gasteiger partial charge < -0.3 is 4.90 Å².